The Kier molecular flexibility index (Phi) is 6.89. The van der Waals surface area contributed by atoms with Gasteiger partial charge in [0.05, 0.1) is 5.69 Å². The largest absolute Gasteiger partial charge is 0.310 e. The van der Waals surface area contributed by atoms with E-state index in [9.17, 15) is 0 Å². The molecule has 0 bridgehead atoms. The Morgan fingerprint density at radius 2 is 0.765 bits per heavy atom. The Bertz CT molecular complexity index is 2900. The molecule has 0 amide bonds. The number of benzene rings is 10. The predicted molar refractivity (Wildman–Crippen MR) is 220 cm³/mol. The molecule has 0 saturated heterocycles. The van der Waals surface area contributed by atoms with E-state index < -0.39 is 0 Å². The number of nitrogens with zero attached hydrogens (tertiary/aromatic N) is 1. The van der Waals surface area contributed by atoms with E-state index in [1.54, 1.807) is 0 Å². The van der Waals surface area contributed by atoms with E-state index in [-0.39, 0.29) is 0 Å². The van der Waals surface area contributed by atoms with Gasteiger partial charge in [0.25, 0.3) is 0 Å². The van der Waals surface area contributed by atoms with Crippen molar-refractivity contribution in [3.63, 3.8) is 0 Å². The third kappa shape index (κ3) is 5.02. The highest BCUT2D eigenvalue weighted by Crippen LogP contribution is 2.43. The summed E-state index contributed by atoms with van der Waals surface area (Å²) in [6.07, 6.45) is 0. The van der Waals surface area contributed by atoms with Crippen molar-refractivity contribution in [1.82, 2.24) is 0 Å². The summed E-state index contributed by atoms with van der Waals surface area (Å²) < 4.78 is 0. The van der Waals surface area contributed by atoms with Crippen LogP contribution in [-0.4, -0.2) is 0 Å². The second kappa shape index (κ2) is 12.0. The smallest absolute Gasteiger partial charge is 0.0546 e. The lowest BCUT2D eigenvalue weighted by Gasteiger charge is -2.28. The molecular weight excluding hydrogens is 615 g/mol. The predicted octanol–water partition coefficient (Wildman–Crippen LogP) is 14.3. The summed E-state index contributed by atoms with van der Waals surface area (Å²) in [5.41, 5.74) is 8.25. The normalized spacial score (nSPS) is 11.5. The monoisotopic (exact) mass is 647 g/mol. The number of hydrogen-bond acceptors (Lipinski definition) is 1. The average Bonchev–Trinajstić information content (AvgIpc) is 3.21. The van der Waals surface area contributed by atoms with Gasteiger partial charge in [0.1, 0.15) is 0 Å². The third-order valence-corrected chi connectivity index (χ3v) is 10.4. The van der Waals surface area contributed by atoms with Crippen LogP contribution in [0.25, 0.3) is 76.1 Å². The molecule has 0 radical (unpaired) electrons. The van der Waals surface area contributed by atoms with Gasteiger partial charge in [0.2, 0.25) is 0 Å². The van der Waals surface area contributed by atoms with Gasteiger partial charge in [-0.3, -0.25) is 0 Å². The fourth-order valence-corrected chi connectivity index (χ4v) is 7.90. The molecule has 238 valence electrons. The fraction of sp³-hybridized carbons (Fsp3) is 0. The molecule has 0 N–H and O–H groups in total. The molecule has 0 aromatic heterocycles. The Hall–Kier alpha value is -6.70. The number of hydrogen-bond donors (Lipinski definition) is 0. The van der Waals surface area contributed by atoms with Gasteiger partial charge in [-0.05, 0) is 107 Å². The van der Waals surface area contributed by atoms with Crippen LogP contribution in [0.5, 0.6) is 0 Å². The maximum Gasteiger partial charge on any atom is 0.0546 e. The fourth-order valence-electron chi connectivity index (χ4n) is 7.90. The van der Waals surface area contributed by atoms with E-state index in [0.29, 0.717) is 0 Å². The van der Waals surface area contributed by atoms with Crippen LogP contribution in [0.4, 0.5) is 17.1 Å². The third-order valence-electron chi connectivity index (χ3n) is 10.4. The van der Waals surface area contributed by atoms with E-state index in [2.05, 4.69) is 205 Å². The Balaban J connectivity index is 1.12. The van der Waals surface area contributed by atoms with Crippen molar-refractivity contribution in [3.05, 3.63) is 200 Å². The molecule has 0 aliphatic carbocycles. The Morgan fingerprint density at radius 1 is 0.255 bits per heavy atom. The van der Waals surface area contributed by atoms with Gasteiger partial charge in [-0.15, -0.1) is 0 Å². The van der Waals surface area contributed by atoms with Crippen LogP contribution in [0.1, 0.15) is 0 Å². The quantitative estimate of drug-likeness (QED) is 0.168. The van der Waals surface area contributed by atoms with Crippen molar-refractivity contribution in [2.24, 2.45) is 0 Å². The summed E-state index contributed by atoms with van der Waals surface area (Å²) in [5, 5.41) is 12.6. The highest BCUT2D eigenvalue weighted by atomic mass is 15.1. The SMILES string of the molecule is c1ccc2cc(-c3ccc(N(c4ccc(-c5cccc6c5ccc5ccccc56)cc4)c4cc5ccccc5c5ccccc45)cc3)ccc2c1. The van der Waals surface area contributed by atoms with Gasteiger partial charge in [-0.1, -0.05) is 164 Å². The first kappa shape index (κ1) is 29.2. The number of rotatable bonds is 5. The maximum absolute atomic E-state index is 2.42. The molecule has 0 fully saturated rings. The van der Waals surface area contributed by atoms with E-state index in [1.807, 2.05) is 0 Å². The molecule has 0 heterocycles. The van der Waals surface area contributed by atoms with E-state index in [0.717, 1.165) is 17.1 Å². The van der Waals surface area contributed by atoms with Crippen LogP contribution in [-0.2, 0) is 0 Å². The average molecular weight is 648 g/mol. The minimum absolute atomic E-state index is 1.11. The summed E-state index contributed by atoms with van der Waals surface area (Å²) in [4.78, 5) is 2.42. The van der Waals surface area contributed by atoms with Crippen molar-refractivity contribution < 1.29 is 0 Å². The molecule has 0 saturated carbocycles. The molecule has 10 rings (SSSR count). The standard InChI is InChI=1S/C50H33N/c1-2-12-38-32-39(21-20-34(38)10-1)35-22-27-41(28-23-35)51(50-33-40-13-4-6-15-45(40)47-16-7-8-17-49(47)50)42-29-24-37(25-30-42)44-18-9-19-46-43-14-5-3-11-36(43)26-31-48(44)46/h1-33H. The van der Waals surface area contributed by atoms with Crippen LogP contribution in [0.3, 0.4) is 0 Å². The molecule has 10 aromatic carbocycles. The molecule has 51 heavy (non-hydrogen) atoms. The first-order chi connectivity index (χ1) is 25.3. The van der Waals surface area contributed by atoms with Gasteiger partial charge in [0, 0.05) is 16.8 Å². The Labute approximate surface area is 297 Å². The van der Waals surface area contributed by atoms with Gasteiger partial charge >= 0.3 is 0 Å². The highest BCUT2D eigenvalue weighted by molar-refractivity contribution is 6.15. The minimum atomic E-state index is 1.11. The van der Waals surface area contributed by atoms with Gasteiger partial charge < -0.3 is 4.90 Å². The molecule has 0 spiro atoms. The van der Waals surface area contributed by atoms with Crippen LogP contribution < -0.4 is 4.90 Å². The molecule has 1 nitrogen and oxygen atoms in total. The van der Waals surface area contributed by atoms with Gasteiger partial charge in [-0.2, -0.15) is 0 Å². The molecule has 0 aliphatic heterocycles. The van der Waals surface area contributed by atoms with Crippen LogP contribution in [0.15, 0.2) is 200 Å². The zero-order valence-corrected chi connectivity index (χ0v) is 28.0. The second-order valence-electron chi connectivity index (χ2n) is 13.3. The topological polar surface area (TPSA) is 3.24 Å². The van der Waals surface area contributed by atoms with E-state index in [4.69, 9.17) is 0 Å². The molecule has 10 aromatic rings. The lowest BCUT2D eigenvalue weighted by Crippen LogP contribution is -2.10. The minimum Gasteiger partial charge on any atom is -0.310 e. The first-order valence-electron chi connectivity index (χ1n) is 17.6. The van der Waals surface area contributed by atoms with Gasteiger partial charge in [0.15, 0.2) is 0 Å². The summed E-state index contributed by atoms with van der Waals surface area (Å²) >= 11 is 0. The van der Waals surface area contributed by atoms with Crippen molar-refractivity contribution in [2.45, 2.75) is 0 Å². The van der Waals surface area contributed by atoms with Crippen LogP contribution >= 0.6 is 0 Å². The molecular formula is C50H33N. The molecule has 1 heteroatoms. The van der Waals surface area contributed by atoms with Crippen molar-refractivity contribution in [3.8, 4) is 22.3 Å². The zero-order valence-electron chi connectivity index (χ0n) is 28.0. The Morgan fingerprint density at radius 3 is 1.51 bits per heavy atom. The lowest BCUT2D eigenvalue weighted by molar-refractivity contribution is 1.30. The number of anilines is 3. The van der Waals surface area contributed by atoms with Crippen LogP contribution in [0.2, 0.25) is 0 Å². The second-order valence-corrected chi connectivity index (χ2v) is 13.3. The molecule has 0 unspecified atom stereocenters. The summed E-state index contributed by atoms with van der Waals surface area (Å²) in [6.45, 7) is 0. The van der Waals surface area contributed by atoms with Gasteiger partial charge in [-0.25, -0.2) is 0 Å². The molecule has 0 aliphatic rings. The maximum atomic E-state index is 2.42. The number of fused-ring (bicyclic) bond motifs is 7. The van der Waals surface area contributed by atoms with E-state index in [1.165, 1.54) is 76.1 Å². The van der Waals surface area contributed by atoms with E-state index >= 15 is 0 Å². The summed E-state index contributed by atoms with van der Waals surface area (Å²) in [5.74, 6) is 0. The first-order valence-corrected chi connectivity index (χ1v) is 17.6. The highest BCUT2D eigenvalue weighted by Gasteiger charge is 2.18. The molecule has 0 atom stereocenters. The van der Waals surface area contributed by atoms with Crippen molar-refractivity contribution in [2.75, 3.05) is 4.90 Å². The zero-order chi connectivity index (χ0) is 33.7. The summed E-state index contributed by atoms with van der Waals surface area (Å²) in [6, 6.07) is 73.1. The summed E-state index contributed by atoms with van der Waals surface area (Å²) in [7, 11) is 0. The van der Waals surface area contributed by atoms with Crippen molar-refractivity contribution in [1.29, 1.82) is 0 Å². The van der Waals surface area contributed by atoms with Crippen LogP contribution in [0, 0.1) is 0 Å². The van der Waals surface area contributed by atoms with Crippen molar-refractivity contribution >= 4 is 70.9 Å². The lowest BCUT2D eigenvalue weighted by atomic mass is 9.94.